The van der Waals surface area contributed by atoms with Gasteiger partial charge in [0.15, 0.2) is 0 Å². The van der Waals surface area contributed by atoms with Gasteiger partial charge in [0.2, 0.25) is 0 Å². The quantitative estimate of drug-likeness (QED) is 0.555. The topological polar surface area (TPSA) is 26.0 Å². The Hall–Kier alpha value is -0.790. The van der Waals surface area contributed by atoms with E-state index in [1.165, 1.54) is 6.42 Å². The average molecular weight is 141 g/mol. The molecule has 10 heavy (non-hydrogen) atoms. The summed E-state index contributed by atoms with van der Waals surface area (Å²) in [5.74, 6) is 0.903. The minimum absolute atomic E-state index is 0.903. The summed E-state index contributed by atoms with van der Waals surface area (Å²) in [5, 5.41) is 3.55. The Bertz CT molecular complexity index is 153. The van der Waals surface area contributed by atoms with E-state index in [4.69, 9.17) is 4.52 Å². The molecule has 1 aromatic rings. The third kappa shape index (κ3) is 3.28. The number of aryl methyl sites for hydroxylation is 2. The van der Waals surface area contributed by atoms with E-state index in [1.807, 2.05) is 13.8 Å². The van der Waals surface area contributed by atoms with Crippen molar-refractivity contribution in [2.24, 2.45) is 0 Å². The van der Waals surface area contributed by atoms with Crippen LogP contribution in [0.5, 0.6) is 0 Å². The molecular weight excluding hydrogens is 126 g/mol. The third-order valence-electron chi connectivity index (χ3n) is 0.991. The minimum Gasteiger partial charge on any atom is -0.361 e. The van der Waals surface area contributed by atoms with Gasteiger partial charge in [-0.25, -0.2) is 0 Å². The lowest BCUT2D eigenvalue weighted by Gasteiger charge is -1.75. The van der Waals surface area contributed by atoms with Crippen molar-refractivity contribution in [2.75, 3.05) is 0 Å². The fraction of sp³-hybridized carbons (Fsp3) is 0.625. The zero-order chi connectivity index (χ0) is 7.98. The van der Waals surface area contributed by atoms with Crippen LogP contribution in [0.2, 0.25) is 0 Å². The molecule has 0 aromatic carbocycles. The normalized spacial score (nSPS) is 8.40. The van der Waals surface area contributed by atoms with Gasteiger partial charge in [-0.2, -0.15) is 0 Å². The van der Waals surface area contributed by atoms with Crippen molar-refractivity contribution in [3.8, 4) is 0 Å². The van der Waals surface area contributed by atoms with Crippen molar-refractivity contribution >= 4 is 0 Å². The number of nitrogens with zero attached hydrogens (tertiary/aromatic N) is 1. The van der Waals surface area contributed by atoms with Gasteiger partial charge in [0.05, 0.1) is 6.20 Å². The largest absolute Gasteiger partial charge is 0.361 e. The SMILES string of the molecule is CCC.Cc1cnoc1C. The third-order valence-corrected chi connectivity index (χ3v) is 0.991. The van der Waals surface area contributed by atoms with Crippen molar-refractivity contribution in [2.45, 2.75) is 34.1 Å². The first kappa shape index (κ1) is 9.21. The van der Waals surface area contributed by atoms with Gasteiger partial charge in [-0.05, 0) is 13.8 Å². The lowest BCUT2D eigenvalue weighted by Crippen LogP contribution is -1.63. The highest BCUT2D eigenvalue weighted by atomic mass is 16.5. The smallest absolute Gasteiger partial charge is 0.136 e. The summed E-state index contributed by atoms with van der Waals surface area (Å²) in [4.78, 5) is 0. The number of aromatic nitrogens is 1. The molecule has 0 fully saturated rings. The lowest BCUT2D eigenvalue weighted by molar-refractivity contribution is 0.396. The molecule has 58 valence electrons. The fourth-order valence-electron chi connectivity index (χ4n) is 0.347. The molecule has 2 heteroatoms. The maximum Gasteiger partial charge on any atom is 0.136 e. The van der Waals surface area contributed by atoms with E-state index < -0.39 is 0 Å². The fourth-order valence-corrected chi connectivity index (χ4v) is 0.347. The second-order valence-electron chi connectivity index (χ2n) is 2.27. The molecule has 0 saturated carbocycles. The van der Waals surface area contributed by atoms with Gasteiger partial charge in [-0.3, -0.25) is 0 Å². The molecule has 0 N–H and O–H groups in total. The van der Waals surface area contributed by atoms with Gasteiger partial charge in [-0.1, -0.05) is 25.4 Å². The first-order valence-electron chi connectivity index (χ1n) is 3.60. The summed E-state index contributed by atoms with van der Waals surface area (Å²) in [7, 11) is 0. The van der Waals surface area contributed by atoms with Crippen LogP contribution in [0.3, 0.4) is 0 Å². The van der Waals surface area contributed by atoms with Crippen molar-refractivity contribution in [1.29, 1.82) is 0 Å². The molecule has 0 radical (unpaired) electrons. The molecule has 2 nitrogen and oxygen atoms in total. The van der Waals surface area contributed by atoms with Crippen LogP contribution in [0, 0.1) is 13.8 Å². The van der Waals surface area contributed by atoms with Crippen LogP contribution in [-0.2, 0) is 0 Å². The van der Waals surface area contributed by atoms with E-state index in [9.17, 15) is 0 Å². The first-order valence-corrected chi connectivity index (χ1v) is 3.60. The highest BCUT2D eigenvalue weighted by Crippen LogP contribution is 2.00. The van der Waals surface area contributed by atoms with Crippen LogP contribution in [0.4, 0.5) is 0 Å². The van der Waals surface area contributed by atoms with Crippen LogP contribution in [0.1, 0.15) is 31.6 Å². The van der Waals surface area contributed by atoms with Crippen LogP contribution >= 0.6 is 0 Å². The molecule has 0 aliphatic carbocycles. The van der Waals surface area contributed by atoms with Crippen molar-refractivity contribution < 1.29 is 4.52 Å². The number of rotatable bonds is 0. The Morgan fingerprint density at radius 3 is 2.00 bits per heavy atom. The summed E-state index contributed by atoms with van der Waals surface area (Å²) in [5.41, 5.74) is 1.11. The van der Waals surface area contributed by atoms with E-state index in [0.717, 1.165) is 11.3 Å². The Labute approximate surface area is 62.2 Å². The monoisotopic (exact) mass is 141 g/mol. The molecule has 0 spiro atoms. The molecule has 0 saturated heterocycles. The highest BCUT2D eigenvalue weighted by Gasteiger charge is 1.91. The first-order chi connectivity index (χ1) is 4.72. The molecule has 0 bridgehead atoms. The zero-order valence-corrected chi connectivity index (χ0v) is 7.14. The van der Waals surface area contributed by atoms with Gasteiger partial charge in [0.25, 0.3) is 0 Å². The Morgan fingerprint density at radius 1 is 1.40 bits per heavy atom. The zero-order valence-electron chi connectivity index (χ0n) is 7.14. The molecule has 0 aliphatic heterocycles. The average Bonchev–Trinajstić information content (AvgIpc) is 2.19. The van der Waals surface area contributed by atoms with Gasteiger partial charge < -0.3 is 4.52 Å². The molecule has 1 aromatic heterocycles. The van der Waals surface area contributed by atoms with Gasteiger partial charge in [-0.15, -0.1) is 0 Å². The summed E-state index contributed by atoms with van der Waals surface area (Å²) in [6, 6.07) is 0. The standard InChI is InChI=1S/C5H7NO.C3H8/c1-4-3-6-7-5(4)2;1-3-2/h3H,1-2H3;3H2,1-2H3. The van der Waals surface area contributed by atoms with E-state index in [1.54, 1.807) is 6.20 Å². The van der Waals surface area contributed by atoms with Gasteiger partial charge >= 0.3 is 0 Å². The summed E-state index contributed by atoms with van der Waals surface area (Å²) >= 11 is 0. The molecule has 0 atom stereocenters. The molecular formula is C8H15NO. The molecule has 1 rings (SSSR count). The maximum atomic E-state index is 4.71. The van der Waals surface area contributed by atoms with Crippen LogP contribution in [0.15, 0.2) is 10.7 Å². The second kappa shape index (κ2) is 5.03. The van der Waals surface area contributed by atoms with Gasteiger partial charge in [0.1, 0.15) is 5.76 Å². The van der Waals surface area contributed by atoms with Gasteiger partial charge in [0, 0.05) is 5.56 Å². The number of hydrogen-bond donors (Lipinski definition) is 0. The maximum absolute atomic E-state index is 4.71. The number of hydrogen-bond acceptors (Lipinski definition) is 2. The highest BCUT2D eigenvalue weighted by molar-refractivity contribution is 5.07. The molecule has 0 amide bonds. The van der Waals surface area contributed by atoms with E-state index in [-0.39, 0.29) is 0 Å². The predicted molar refractivity (Wildman–Crippen MR) is 41.9 cm³/mol. The van der Waals surface area contributed by atoms with Crippen LogP contribution in [0.25, 0.3) is 0 Å². The van der Waals surface area contributed by atoms with Crippen molar-refractivity contribution in [1.82, 2.24) is 5.16 Å². The second-order valence-corrected chi connectivity index (χ2v) is 2.27. The van der Waals surface area contributed by atoms with E-state index >= 15 is 0 Å². The van der Waals surface area contributed by atoms with E-state index in [0.29, 0.717) is 0 Å². The molecule has 0 aliphatic rings. The van der Waals surface area contributed by atoms with E-state index in [2.05, 4.69) is 19.0 Å². The summed E-state index contributed by atoms with van der Waals surface area (Å²) < 4.78 is 4.71. The Balaban J connectivity index is 0.000000236. The Morgan fingerprint density at radius 2 is 1.90 bits per heavy atom. The Kier molecular flexibility index (Phi) is 4.63. The predicted octanol–water partition coefficient (Wildman–Crippen LogP) is 2.71. The minimum atomic E-state index is 0.903. The van der Waals surface area contributed by atoms with Crippen LogP contribution in [-0.4, -0.2) is 5.16 Å². The summed E-state index contributed by atoms with van der Waals surface area (Å²) in [6.45, 7) is 8.11. The lowest BCUT2D eigenvalue weighted by atomic mass is 10.3. The van der Waals surface area contributed by atoms with Crippen molar-refractivity contribution in [3.05, 3.63) is 17.5 Å². The molecule has 1 heterocycles. The van der Waals surface area contributed by atoms with Crippen LogP contribution < -0.4 is 0 Å². The molecule has 0 unspecified atom stereocenters. The summed E-state index contributed by atoms with van der Waals surface area (Å²) in [6.07, 6.45) is 2.95. The van der Waals surface area contributed by atoms with Crippen molar-refractivity contribution in [3.63, 3.8) is 0 Å².